The lowest BCUT2D eigenvalue weighted by molar-refractivity contribution is -0.143. The van der Waals surface area contributed by atoms with Gasteiger partial charge in [0.2, 0.25) is 0 Å². The van der Waals surface area contributed by atoms with Crippen LogP contribution >= 0.6 is 11.6 Å². The van der Waals surface area contributed by atoms with Gasteiger partial charge in [-0.3, -0.25) is 4.79 Å². The van der Waals surface area contributed by atoms with Gasteiger partial charge in [0.1, 0.15) is 5.54 Å². The van der Waals surface area contributed by atoms with Crippen LogP contribution < -0.4 is 11.1 Å². The van der Waals surface area contributed by atoms with Crippen molar-refractivity contribution in [3.8, 4) is 0 Å². The minimum absolute atomic E-state index is 0.251. The van der Waals surface area contributed by atoms with Gasteiger partial charge in [0.25, 0.3) is 5.91 Å². The Morgan fingerprint density at radius 2 is 1.90 bits per heavy atom. The van der Waals surface area contributed by atoms with Crippen LogP contribution in [0.3, 0.4) is 0 Å². The predicted molar refractivity (Wildman–Crippen MR) is 77.0 cm³/mol. The van der Waals surface area contributed by atoms with E-state index < -0.39 is 17.4 Å². The fourth-order valence-electron chi connectivity index (χ4n) is 2.64. The summed E-state index contributed by atoms with van der Waals surface area (Å²) in [7, 11) is 0. The van der Waals surface area contributed by atoms with E-state index in [1.165, 1.54) is 6.07 Å². The van der Waals surface area contributed by atoms with E-state index >= 15 is 0 Å². The molecule has 0 aromatic heterocycles. The van der Waals surface area contributed by atoms with Crippen LogP contribution in [-0.2, 0) is 4.79 Å². The number of carbonyl (C=O) groups excluding carboxylic acids is 1. The number of rotatable bonds is 4. The zero-order valence-electron chi connectivity index (χ0n) is 11.0. The zero-order valence-corrected chi connectivity index (χ0v) is 11.7. The van der Waals surface area contributed by atoms with Gasteiger partial charge >= 0.3 is 5.97 Å². The predicted octanol–water partition coefficient (Wildman–Crippen LogP) is 2.64. The molecule has 6 heteroatoms. The summed E-state index contributed by atoms with van der Waals surface area (Å²) in [5.41, 5.74) is 4.91. The average Bonchev–Trinajstić information content (AvgIpc) is 2.39. The van der Waals surface area contributed by atoms with Gasteiger partial charge in [0.15, 0.2) is 0 Å². The molecule has 0 heterocycles. The molecule has 4 N–H and O–H groups in total. The van der Waals surface area contributed by atoms with Crippen molar-refractivity contribution in [3.05, 3.63) is 28.8 Å². The van der Waals surface area contributed by atoms with Crippen LogP contribution in [0.5, 0.6) is 0 Å². The first kappa shape index (κ1) is 14.7. The van der Waals surface area contributed by atoms with E-state index in [1.54, 1.807) is 12.1 Å². The lowest BCUT2D eigenvalue weighted by Gasteiger charge is -2.35. The fourth-order valence-corrected chi connectivity index (χ4v) is 2.81. The van der Waals surface area contributed by atoms with Crippen molar-refractivity contribution < 1.29 is 14.7 Å². The molecule has 20 heavy (non-hydrogen) atoms. The summed E-state index contributed by atoms with van der Waals surface area (Å²) >= 11 is 5.92. The highest BCUT2D eigenvalue weighted by Gasteiger charge is 2.40. The first-order valence-electron chi connectivity index (χ1n) is 6.55. The number of nitrogens with two attached hydrogens (primary N) is 1. The highest BCUT2D eigenvalue weighted by molar-refractivity contribution is 6.31. The summed E-state index contributed by atoms with van der Waals surface area (Å²) < 4.78 is 0. The molecule has 5 nitrogen and oxygen atoms in total. The molecule has 1 aromatic rings. The van der Waals surface area contributed by atoms with Gasteiger partial charge in [-0.15, -0.1) is 0 Å². The molecule has 1 aliphatic rings. The van der Waals surface area contributed by atoms with Crippen molar-refractivity contribution >= 4 is 29.2 Å². The first-order chi connectivity index (χ1) is 9.44. The molecule has 0 aliphatic heterocycles. The zero-order chi connectivity index (χ0) is 14.8. The highest BCUT2D eigenvalue weighted by Crippen LogP contribution is 2.34. The van der Waals surface area contributed by atoms with Crippen LogP contribution in [0.2, 0.25) is 5.02 Å². The molecule has 0 bridgehead atoms. The molecule has 1 aliphatic carbocycles. The smallest absolute Gasteiger partial charge is 0.329 e. The van der Waals surface area contributed by atoms with Gasteiger partial charge in [0.05, 0.1) is 5.56 Å². The van der Waals surface area contributed by atoms with Crippen molar-refractivity contribution in [2.75, 3.05) is 5.32 Å². The number of carboxylic acids is 1. The number of amides is 1. The van der Waals surface area contributed by atoms with Crippen LogP contribution in [0.15, 0.2) is 18.2 Å². The van der Waals surface area contributed by atoms with Gasteiger partial charge in [-0.1, -0.05) is 30.9 Å². The van der Waals surface area contributed by atoms with E-state index in [2.05, 4.69) is 5.32 Å². The number of halogens is 1. The summed E-state index contributed by atoms with van der Waals surface area (Å²) in [5, 5.41) is 13.0. The SMILES string of the molecule is NC(=O)c1ccc(Cl)cc1NC1(C(=O)O)CCCCC1. The number of aliphatic carboxylic acids is 1. The Morgan fingerprint density at radius 1 is 1.25 bits per heavy atom. The van der Waals surface area contributed by atoms with Gasteiger partial charge in [-0.2, -0.15) is 0 Å². The second kappa shape index (κ2) is 5.71. The van der Waals surface area contributed by atoms with Crippen LogP contribution in [0, 0.1) is 0 Å². The molecule has 1 aromatic carbocycles. The Morgan fingerprint density at radius 3 is 2.45 bits per heavy atom. The van der Waals surface area contributed by atoms with E-state index in [-0.39, 0.29) is 5.56 Å². The summed E-state index contributed by atoms with van der Waals surface area (Å²) in [5.74, 6) is -1.52. The third kappa shape index (κ3) is 2.88. The molecular weight excluding hydrogens is 280 g/mol. The quantitative estimate of drug-likeness (QED) is 0.796. The number of hydrogen-bond acceptors (Lipinski definition) is 3. The third-order valence-electron chi connectivity index (χ3n) is 3.74. The minimum Gasteiger partial charge on any atom is -0.480 e. The molecule has 0 unspecified atom stereocenters. The molecule has 0 atom stereocenters. The Hall–Kier alpha value is -1.75. The lowest BCUT2D eigenvalue weighted by atomic mass is 9.81. The molecule has 1 saturated carbocycles. The monoisotopic (exact) mass is 296 g/mol. The molecule has 1 fully saturated rings. The topological polar surface area (TPSA) is 92.4 Å². The standard InChI is InChI=1S/C14H17ClN2O3/c15-9-4-5-10(12(16)18)11(8-9)17-14(13(19)20)6-2-1-3-7-14/h4-5,8,17H,1-3,6-7H2,(H2,16,18)(H,19,20). The van der Waals surface area contributed by atoms with Gasteiger partial charge in [-0.25, -0.2) is 4.79 Å². The second-order valence-electron chi connectivity index (χ2n) is 5.13. The van der Waals surface area contributed by atoms with Crippen LogP contribution in [0.1, 0.15) is 42.5 Å². The van der Waals surface area contributed by atoms with Crippen molar-refractivity contribution in [1.29, 1.82) is 0 Å². The Bertz CT molecular complexity index is 539. The maximum Gasteiger partial charge on any atom is 0.329 e. The number of anilines is 1. The molecule has 0 radical (unpaired) electrons. The Balaban J connectivity index is 2.38. The summed E-state index contributed by atoms with van der Waals surface area (Å²) in [6.07, 6.45) is 3.74. The molecule has 2 rings (SSSR count). The summed E-state index contributed by atoms with van der Waals surface area (Å²) in [6.45, 7) is 0. The first-order valence-corrected chi connectivity index (χ1v) is 6.93. The van der Waals surface area contributed by atoms with Crippen molar-refractivity contribution in [2.45, 2.75) is 37.6 Å². The fraction of sp³-hybridized carbons (Fsp3) is 0.429. The molecule has 0 spiro atoms. The number of benzene rings is 1. The maximum atomic E-state index is 11.6. The van der Waals surface area contributed by atoms with Gasteiger partial charge < -0.3 is 16.2 Å². The maximum absolute atomic E-state index is 11.6. The van der Waals surface area contributed by atoms with Crippen LogP contribution in [-0.4, -0.2) is 22.5 Å². The van der Waals surface area contributed by atoms with E-state index in [0.717, 1.165) is 19.3 Å². The molecule has 108 valence electrons. The van der Waals surface area contributed by atoms with Gasteiger partial charge in [0, 0.05) is 10.7 Å². The molecule has 1 amide bonds. The van der Waals surface area contributed by atoms with E-state index in [4.69, 9.17) is 17.3 Å². The summed E-state index contributed by atoms with van der Waals surface area (Å²) in [4.78, 5) is 23.1. The minimum atomic E-state index is -1.05. The van der Waals surface area contributed by atoms with Crippen LogP contribution in [0.4, 0.5) is 5.69 Å². The number of nitrogens with one attached hydrogen (secondary N) is 1. The average molecular weight is 297 g/mol. The van der Waals surface area contributed by atoms with Crippen molar-refractivity contribution in [3.63, 3.8) is 0 Å². The molecule has 0 saturated heterocycles. The Labute approximate surface area is 122 Å². The normalized spacial score (nSPS) is 17.4. The van der Waals surface area contributed by atoms with Crippen LogP contribution in [0.25, 0.3) is 0 Å². The number of carbonyl (C=O) groups is 2. The molecular formula is C14H17ClN2O3. The van der Waals surface area contributed by atoms with Crippen molar-refractivity contribution in [2.24, 2.45) is 5.73 Å². The summed E-state index contributed by atoms with van der Waals surface area (Å²) in [6, 6.07) is 4.60. The van der Waals surface area contributed by atoms with E-state index in [9.17, 15) is 14.7 Å². The lowest BCUT2D eigenvalue weighted by Crippen LogP contribution is -2.48. The van der Waals surface area contributed by atoms with Gasteiger partial charge in [-0.05, 0) is 31.0 Å². The second-order valence-corrected chi connectivity index (χ2v) is 5.56. The number of carboxylic acid groups (broad SMARTS) is 1. The van der Waals surface area contributed by atoms with Crippen molar-refractivity contribution in [1.82, 2.24) is 0 Å². The number of primary amides is 1. The van der Waals surface area contributed by atoms with E-state index in [1.807, 2.05) is 0 Å². The Kier molecular flexibility index (Phi) is 4.18. The van der Waals surface area contributed by atoms with E-state index in [0.29, 0.717) is 23.6 Å². The highest BCUT2D eigenvalue weighted by atomic mass is 35.5. The third-order valence-corrected chi connectivity index (χ3v) is 3.97. The number of hydrogen-bond donors (Lipinski definition) is 3. The largest absolute Gasteiger partial charge is 0.480 e.